The molecule has 0 radical (unpaired) electrons. The highest BCUT2D eigenvalue weighted by Gasteiger charge is 2.36. The number of phenols is 1. The lowest BCUT2D eigenvalue weighted by Crippen LogP contribution is -2.61. The summed E-state index contributed by atoms with van der Waals surface area (Å²) in [5.41, 5.74) is 14.8. The number of nitrogens with two attached hydrogens (primary N) is 2. The summed E-state index contributed by atoms with van der Waals surface area (Å²) in [7, 11) is 0. The van der Waals surface area contributed by atoms with E-state index < -0.39 is 101 Å². The number of amides is 7. The molecule has 0 spiro atoms. The van der Waals surface area contributed by atoms with Gasteiger partial charge in [0.1, 0.15) is 42.0 Å². The maximum Gasteiger partial charge on any atom is 0.304 e. The largest absolute Gasteiger partial charge is 0.508 e. The Morgan fingerprint density at radius 3 is 1.86 bits per heavy atom. The van der Waals surface area contributed by atoms with Crippen molar-refractivity contribution in [2.75, 3.05) is 5.75 Å². The number of carboxylic acids is 1. The Bertz CT molecular complexity index is 2810. The van der Waals surface area contributed by atoms with Gasteiger partial charge in [0.25, 0.3) is 0 Å². The topological polar surface area (TPSA) is 363 Å². The normalized spacial score (nSPS) is 14.0. The van der Waals surface area contributed by atoms with E-state index in [1.165, 1.54) is 24.7 Å². The smallest absolute Gasteiger partial charge is 0.304 e. The number of benzene rings is 3. The zero-order valence-electron chi connectivity index (χ0n) is 43.4. The first-order valence-corrected chi connectivity index (χ1v) is 26.2. The quantitative estimate of drug-likeness (QED) is 0.0312. The molecule has 0 aliphatic rings. The molecule has 412 valence electrons. The van der Waals surface area contributed by atoms with E-state index in [1.807, 2.05) is 38.1 Å². The molecule has 22 nitrogen and oxygen atoms in total. The van der Waals surface area contributed by atoms with Crippen molar-refractivity contribution in [3.63, 3.8) is 0 Å². The molecule has 5 aromatic rings. The minimum Gasteiger partial charge on any atom is -0.508 e. The van der Waals surface area contributed by atoms with E-state index in [1.54, 1.807) is 62.5 Å². The molecule has 14 N–H and O–H groups in total. The first-order valence-electron chi connectivity index (χ1n) is 25.3. The number of rotatable bonds is 30. The van der Waals surface area contributed by atoms with Crippen molar-refractivity contribution in [2.24, 2.45) is 23.3 Å². The summed E-state index contributed by atoms with van der Waals surface area (Å²) >= 11 is 0.781. The van der Waals surface area contributed by atoms with E-state index in [9.17, 15) is 53.4 Å². The van der Waals surface area contributed by atoms with Gasteiger partial charge >= 0.3 is 5.97 Å². The lowest BCUT2D eigenvalue weighted by atomic mass is 9.98. The maximum absolute atomic E-state index is 14.6. The van der Waals surface area contributed by atoms with Crippen LogP contribution < -0.4 is 43.4 Å². The van der Waals surface area contributed by atoms with E-state index >= 15 is 0 Å². The number of nitrogens with one attached hydrogen (secondary N) is 8. The monoisotopic (exact) mass is 1080 g/mol. The SMILES string of the molecule is CC(C)C[C@H](NC(=O)[C@H](Cc1ccccc1)NC(=O)[C@@H](NC(=O)[C@H](Cc1cnc[nH]1)NC(=O)[C@H](CCC(N)=O)NC(=O)[C@@H](N)Cc1ccc(O)cc1)C(C)C)C(=O)N[C@@H](Cc1c[nH]c2ccccc12)C(=O)SCCC(=O)O. The number of carboxylic acid groups (broad SMARTS) is 1. The van der Waals surface area contributed by atoms with Crippen LogP contribution in [0.3, 0.4) is 0 Å². The molecule has 0 fully saturated rings. The summed E-state index contributed by atoms with van der Waals surface area (Å²) in [5.74, 6) is -7.28. The number of fused-ring (bicyclic) bond motifs is 1. The number of hydrogen-bond acceptors (Lipinski definition) is 13. The zero-order valence-corrected chi connectivity index (χ0v) is 44.2. The molecular formula is C54H69N11O11S. The number of phenolic OH excluding ortho intramolecular Hbond substituents is 1. The Labute approximate surface area is 449 Å². The number of nitrogens with zero attached hydrogens (tertiary/aromatic N) is 1. The lowest BCUT2D eigenvalue weighted by molar-refractivity contribution is -0.136. The third-order valence-electron chi connectivity index (χ3n) is 12.4. The number of aromatic amines is 2. The predicted molar refractivity (Wildman–Crippen MR) is 288 cm³/mol. The van der Waals surface area contributed by atoms with Crippen molar-refractivity contribution < 1.29 is 53.4 Å². The number of thioether (sulfide) groups is 1. The summed E-state index contributed by atoms with van der Waals surface area (Å²) in [4.78, 5) is 132. The predicted octanol–water partition coefficient (Wildman–Crippen LogP) is 1.81. The first kappa shape index (κ1) is 59.8. The van der Waals surface area contributed by atoms with Gasteiger partial charge < -0.3 is 63.5 Å². The number of primary amides is 1. The summed E-state index contributed by atoms with van der Waals surface area (Å²) in [6.07, 6.45) is 3.67. The molecule has 7 amide bonds. The number of imidazole rings is 1. The molecule has 0 saturated carbocycles. The Morgan fingerprint density at radius 2 is 1.21 bits per heavy atom. The van der Waals surface area contributed by atoms with Gasteiger partial charge in [0.2, 0.25) is 46.5 Å². The second kappa shape index (κ2) is 29.3. The molecular weight excluding hydrogens is 1010 g/mol. The van der Waals surface area contributed by atoms with Crippen molar-refractivity contribution in [3.8, 4) is 5.75 Å². The fourth-order valence-electron chi connectivity index (χ4n) is 8.32. The molecule has 0 unspecified atom stereocenters. The Morgan fingerprint density at radius 1 is 0.623 bits per heavy atom. The summed E-state index contributed by atoms with van der Waals surface area (Å²) in [6, 6.07) is 13.3. The third kappa shape index (κ3) is 19.2. The third-order valence-corrected chi connectivity index (χ3v) is 13.4. The fourth-order valence-corrected chi connectivity index (χ4v) is 9.14. The van der Waals surface area contributed by atoms with Crippen molar-refractivity contribution in [1.82, 2.24) is 46.9 Å². The summed E-state index contributed by atoms with van der Waals surface area (Å²) in [6.45, 7) is 7.01. The van der Waals surface area contributed by atoms with Gasteiger partial charge in [-0.15, -0.1) is 0 Å². The summed E-state index contributed by atoms with van der Waals surface area (Å²) < 4.78 is 0. The number of para-hydroxylation sites is 1. The Hall–Kier alpha value is -8.05. The molecule has 7 atom stereocenters. The number of aliphatic carboxylic acids is 1. The van der Waals surface area contributed by atoms with Crippen molar-refractivity contribution >= 4 is 75.1 Å². The highest BCUT2D eigenvalue weighted by molar-refractivity contribution is 8.13. The second-order valence-electron chi connectivity index (χ2n) is 19.5. The number of H-pyrrole nitrogens is 2. The van der Waals surface area contributed by atoms with E-state index in [0.29, 0.717) is 16.8 Å². The van der Waals surface area contributed by atoms with E-state index in [4.69, 9.17) is 11.5 Å². The molecule has 0 bridgehead atoms. The molecule has 3 aromatic carbocycles. The van der Waals surface area contributed by atoms with Crippen LogP contribution in [0.15, 0.2) is 97.6 Å². The Balaban J connectivity index is 1.36. The average Bonchev–Trinajstić information content (AvgIpc) is 4.06. The van der Waals surface area contributed by atoms with Gasteiger partial charge in [0.15, 0.2) is 0 Å². The summed E-state index contributed by atoms with van der Waals surface area (Å²) in [5, 5.41) is 35.6. The van der Waals surface area contributed by atoms with Crippen molar-refractivity contribution in [2.45, 2.75) is 121 Å². The van der Waals surface area contributed by atoms with Crippen LogP contribution in [0.4, 0.5) is 0 Å². The van der Waals surface area contributed by atoms with Crippen LogP contribution in [0.1, 0.15) is 75.8 Å². The van der Waals surface area contributed by atoms with Gasteiger partial charge in [-0.1, -0.05) is 100 Å². The number of aromatic hydroxyl groups is 1. The molecule has 2 heterocycles. The zero-order chi connectivity index (χ0) is 56.2. The first-order chi connectivity index (χ1) is 36.7. The van der Waals surface area contributed by atoms with Crippen molar-refractivity contribution in [3.05, 3.63) is 120 Å². The molecule has 0 aliphatic heterocycles. The van der Waals surface area contributed by atoms with E-state index in [-0.39, 0.29) is 68.8 Å². The van der Waals surface area contributed by atoms with Gasteiger partial charge in [-0.25, -0.2) is 4.98 Å². The van der Waals surface area contributed by atoms with Crippen molar-refractivity contribution in [1.29, 1.82) is 0 Å². The number of aromatic nitrogens is 3. The van der Waals surface area contributed by atoms with E-state index in [2.05, 4.69) is 46.9 Å². The molecule has 2 aromatic heterocycles. The van der Waals surface area contributed by atoms with Crippen LogP contribution in [0, 0.1) is 11.8 Å². The molecule has 0 aliphatic carbocycles. The second-order valence-corrected chi connectivity index (χ2v) is 20.6. The standard InChI is InChI=1S/C54H69N11O11S/c1-30(2)22-41(50(72)64-44(54(76)77-21-20-46(68)69)25-34-27-58-39-13-9-8-12-37(34)39)61-51(73)42(24-32-10-6-5-7-11-32)63-53(75)47(31(3)4)65-52(74)43(26-35-28-57-29-59-35)62-49(71)40(18-19-45(56)67)60-48(70)38(55)23-33-14-16-36(66)17-15-33/h5-17,27-31,38,40-44,47,58,66H,18-26,55H2,1-4H3,(H2,56,67)(H,57,59)(H,60,70)(H,61,73)(H,62,71)(H,63,75)(H,64,72)(H,65,74)(H,68,69)/t38-,40-,41-,42-,43-,44-,47-/m0/s1. The highest BCUT2D eigenvalue weighted by Crippen LogP contribution is 2.22. The van der Waals surface area contributed by atoms with Crippen LogP contribution in [-0.2, 0) is 68.8 Å². The van der Waals surface area contributed by atoms with Gasteiger partial charge in [0.05, 0.1) is 18.8 Å². The number of hydrogen-bond donors (Lipinski definition) is 12. The minimum absolute atomic E-state index is 0.0154. The minimum atomic E-state index is -1.41. The number of carbonyl (C=O) groups excluding carboxylic acids is 8. The van der Waals surface area contributed by atoms with Crippen LogP contribution in [0.25, 0.3) is 10.9 Å². The average molecular weight is 1080 g/mol. The fraction of sp³-hybridized carbons (Fsp3) is 0.407. The van der Waals surface area contributed by atoms with Crippen LogP contribution in [0.5, 0.6) is 5.75 Å². The molecule has 77 heavy (non-hydrogen) atoms. The molecule has 0 saturated heterocycles. The molecule has 23 heteroatoms. The highest BCUT2D eigenvalue weighted by atomic mass is 32.2. The van der Waals surface area contributed by atoms with Gasteiger partial charge in [-0.3, -0.25) is 43.2 Å². The van der Waals surface area contributed by atoms with Crippen LogP contribution in [-0.4, -0.2) is 126 Å². The van der Waals surface area contributed by atoms with E-state index in [0.717, 1.165) is 28.2 Å². The maximum atomic E-state index is 14.6. The van der Waals surface area contributed by atoms with Crippen LogP contribution in [0.2, 0.25) is 0 Å². The van der Waals surface area contributed by atoms with Crippen LogP contribution >= 0.6 is 11.8 Å². The van der Waals surface area contributed by atoms with Gasteiger partial charge in [-0.05, 0) is 66.0 Å². The Kier molecular flexibility index (Phi) is 22.8. The van der Waals surface area contributed by atoms with Gasteiger partial charge in [0, 0.05) is 60.4 Å². The number of carbonyl (C=O) groups is 9. The lowest BCUT2D eigenvalue weighted by Gasteiger charge is -2.29. The molecule has 5 rings (SSSR count). The van der Waals surface area contributed by atoms with Gasteiger partial charge in [-0.2, -0.15) is 0 Å².